The molecule has 0 aromatic carbocycles. The third-order valence-corrected chi connectivity index (χ3v) is 8.65. The Labute approximate surface area is 115 Å². The average Bonchev–Trinajstić information content (AvgIpc) is 2.46. The molecule has 18 heavy (non-hydrogen) atoms. The second-order valence-electron chi connectivity index (χ2n) is 6.25. The second kappa shape index (κ2) is 8.36. The molecule has 2 saturated carbocycles. The first-order chi connectivity index (χ1) is 8.92. The van der Waals surface area contributed by atoms with Crippen molar-refractivity contribution in [1.29, 1.82) is 0 Å². The zero-order valence-electron chi connectivity index (χ0n) is 12.1. The predicted octanol–water partition coefficient (Wildman–Crippen LogP) is 6.10. The average molecular weight is 266 g/mol. The summed E-state index contributed by atoms with van der Waals surface area (Å²) in [4.78, 5) is 0. The third kappa shape index (κ3) is 4.37. The van der Waals surface area contributed by atoms with Gasteiger partial charge in [0, 0.05) is 0 Å². The van der Waals surface area contributed by atoms with Gasteiger partial charge in [0.15, 0.2) is 0 Å². The smallest absolute Gasteiger partial charge is 0.0207 e. The highest BCUT2D eigenvalue weighted by atomic mass is 31.1. The Morgan fingerprint density at radius 3 is 1.78 bits per heavy atom. The molecule has 0 radical (unpaired) electrons. The molecule has 0 saturated heterocycles. The van der Waals surface area contributed by atoms with Crippen molar-refractivity contribution >= 4 is 7.92 Å². The van der Waals surface area contributed by atoms with E-state index < -0.39 is 0 Å². The van der Waals surface area contributed by atoms with Gasteiger partial charge in [-0.3, -0.25) is 0 Å². The van der Waals surface area contributed by atoms with Gasteiger partial charge >= 0.3 is 0 Å². The van der Waals surface area contributed by atoms with Crippen molar-refractivity contribution in [2.45, 2.75) is 88.4 Å². The summed E-state index contributed by atoms with van der Waals surface area (Å²) < 4.78 is 0. The molecule has 0 heterocycles. The van der Waals surface area contributed by atoms with E-state index in [0.717, 1.165) is 11.3 Å². The first-order valence-electron chi connectivity index (χ1n) is 8.28. The molecule has 0 aromatic rings. The fourth-order valence-corrected chi connectivity index (χ4v) is 7.84. The molecule has 0 aliphatic heterocycles. The summed E-state index contributed by atoms with van der Waals surface area (Å²) in [6, 6.07) is 0. The summed E-state index contributed by atoms with van der Waals surface area (Å²) in [5.41, 5.74) is 2.28. The second-order valence-corrected chi connectivity index (χ2v) is 9.19. The van der Waals surface area contributed by atoms with Crippen LogP contribution in [-0.2, 0) is 0 Å². The van der Waals surface area contributed by atoms with E-state index in [1.807, 2.05) is 0 Å². The van der Waals surface area contributed by atoms with Crippen LogP contribution in [0.4, 0.5) is 0 Å². The molecule has 2 aliphatic carbocycles. The van der Waals surface area contributed by atoms with Gasteiger partial charge in [-0.2, -0.15) is 0 Å². The molecule has 0 N–H and O–H groups in total. The summed E-state index contributed by atoms with van der Waals surface area (Å²) in [6.07, 6.45) is 21.7. The fourth-order valence-electron chi connectivity index (χ4n) is 3.91. The summed E-state index contributed by atoms with van der Waals surface area (Å²) in [5, 5.41) is 0. The lowest BCUT2D eigenvalue weighted by molar-refractivity contribution is 0.483. The SMILES string of the molecule is C=CCCCP(C1CCCCC1)C1CCCCC1. The van der Waals surface area contributed by atoms with E-state index in [9.17, 15) is 0 Å². The minimum absolute atomic E-state index is 0.344. The molecular formula is C17H31P. The van der Waals surface area contributed by atoms with Gasteiger partial charge in [0.25, 0.3) is 0 Å². The van der Waals surface area contributed by atoms with Gasteiger partial charge in [-0.15, -0.1) is 14.5 Å². The van der Waals surface area contributed by atoms with Gasteiger partial charge < -0.3 is 0 Å². The van der Waals surface area contributed by atoms with Crippen LogP contribution in [0.15, 0.2) is 12.7 Å². The summed E-state index contributed by atoms with van der Waals surface area (Å²) >= 11 is 0. The van der Waals surface area contributed by atoms with E-state index >= 15 is 0 Å². The number of rotatable bonds is 6. The van der Waals surface area contributed by atoms with Crippen LogP contribution in [-0.4, -0.2) is 17.5 Å². The van der Waals surface area contributed by atoms with Crippen LogP contribution in [0.2, 0.25) is 0 Å². The Morgan fingerprint density at radius 1 is 0.833 bits per heavy atom. The summed E-state index contributed by atoms with van der Waals surface area (Å²) in [6.45, 7) is 3.89. The van der Waals surface area contributed by atoms with Crippen molar-refractivity contribution in [3.05, 3.63) is 12.7 Å². The van der Waals surface area contributed by atoms with Gasteiger partial charge in [-0.05, 0) is 56.0 Å². The molecule has 104 valence electrons. The van der Waals surface area contributed by atoms with Crippen molar-refractivity contribution < 1.29 is 0 Å². The fraction of sp³-hybridized carbons (Fsp3) is 0.882. The monoisotopic (exact) mass is 266 g/mol. The van der Waals surface area contributed by atoms with Gasteiger partial charge in [0.2, 0.25) is 0 Å². The standard InChI is InChI=1S/C17H31P/c1-2-3-10-15-18(16-11-6-4-7-12-16)17-13-8-5-9-14-17/h2,16-17H,1,3-15H2. The summed E-state index contributed by atoms with van der Waals surface area (Å²) in [7, 11) is 0.344. The van der Waals surface area contributed by atoms with E-state index in [2.05, 4.69) is 12.7 Å². The van der Waals surface area contributed by atoms with Gasteiger partial charge in [-0.1, -0.05) is 44.6 Å². The van der Waals surface area contributed by atoms with Crippen LogP contribution in [0, 0.1) is 0 Å². The molecule has 2 rings (SSSR count). The first kappa shape index (κ1) is 14.6. The first-order valence-corrected chi connectivity index (χ1v) is 9.95. The van der Waals surface area contributed by atoms with E-state index in [1.54, 1.807) is 31.8 Å². The molecule has 0 spiro atoms. The zero-order valence-corrected chi connectivity index (χ0v) is 13.0. The maximum atomic E-state index is 3.89. The molecule has 0 nitrogen and oxygen atoms in total. The lowest BCUT2D eigenvalue weighted by Crippen LogP contribution is -2.22. The minimum Gasteiger partial charge on any atom is -0.103 e. The number of hydrogen-bond acceptors (Lipinski definition) is 0. The highest BCUT2D eigenvalue weighted by Crippen LogP contribution is 2.56. The molecule has 0 unspecified atom stereocenters. The van der Waals surface area contributed by atoms with E-state index in [4.69, 9.17) is 0 Å². The van der Waals surface area contributed by atoms with Gasteiger partial charge in [-0.25, -0.2) is 0 Å². The van der Waals surface area contributed by atoms with Crippen LogP contribution in [0.3, 0.4) is 0 Å². The lowest BCUT2D eigenvalue weighted by atomic mass is 9.99. The Hall–Kier alpha value is 0.170. The zero-order chi connectivity index (χ0) is 12.6. The Morgan fingerprint density at radius 2 is 1.33 bits per heavy atom. The van der Waals surface area contributed by atoms with Crippen LogP contribution in [0.25, 0.3) is 0 Å². The molecule has 2 aliphatic rings. The van der Waals surface area contributed by atoms with E-state index in [0.29, 0.717) is 7.92 Å². The molecule has 0 bridgehead atoms. The van der Waals surface area contributed by atoms with E-state index in [-0.39, 0.29) is 0 Å². The topological polar surface area (TPSA) is 0 Å². The Balaban J connectivity index is 1.89. The van der Waals surface area contributed by atoms with Crippen LogP contribution in [0.1, 0.15) is 77.0 Å². The Kier molecular flexibility index (Phi) is 6.77. The van der Waals surface area contributed by atoms with Crippen LogP contribution < -0.4 is 0 Å². The Bertz CT molecular complexity index is 206. The number of allylic oxidation sites excluding steroid dienone is 1. The molecular weight excluding hydrogens is 235 g/mol. The van der Waals surface area contributed by atoms with Crippen molar-refractivity contribution in [2.24, 2.45) is 0 Å². The highest BCUT2D eigenvalue weighted by molar-refractivity contribution is 7.59. The van der Waals surface area contributed by atoms with Gasteiger partial charge in [0.1, 0.15) is 0 Å². The molecule has 2 fully saturated rings. The van der Waals surface area contributed by atoms with Crippen molar-refractivity contribution in [3.8, 4) is 0 Å². The predicted molar refractivity (Wildman–Crippen MR) is 85.0 cm³/mol. The number of hydrogen-bond donors (Lipinski definition) is 0. The quantitative estimate of drug-likeness (QED) is 0.309. The van der Waals surface area contributed by atoms with Crippen LogP contribution in [0.5, 0.6) is 0 Å². The molecule has 0 atom stereocenters. The molecule has 0 amide bonds. The largest absolute Gasteiger partial charge is 0.103 e. The normalized spacial score (nSPS) is 23.4. The van der Waals surface area contributed by atoms with Crippen molar-refractivity contribution in [3.63, 3.8) is 0 Å². The molecule has 0 aromatic heterocycles. The van der Waals surface area contributed by atoms with Crippen LogP contribution >= 0.6 is 7.92 Å². The van der Waals surface area contributed by atoms with Gasteiger partial charge in [0.05, 0.1) is 0 Å². The maximum Gasteiger partial charge on any atom is -0.0207 e. The lowest BCUT2D eigenvalue weighted by Gasteiger charge is -2.38. The van der Waals surface area contributed by atoms with E-state index in [1.165, 1.54) is 51.4 Å². The van der Waals surface area contributed by atoms with Crippen molar-refractivity contribution in [2.75, 3.05) is 6.16 Å². The van der Waals surface area contributed by atoms with Crippen molar-refractivity contribution in [1.82, 2.24) is 0 Å². The highest BCUT2D eigenvalue weighted by Gasteiger charge is 2.30. The minimum atomic E-state index is 0.344. The summed E-state index contributed by atoms with van der Waals surface area (Å²) in [5.74, 6) is 0. The third-order valence-electron chi connectivity index (χ3n) is 4.91. The molecule has 1 heteroatoms. The number of unbranched alkanes of at least 4 members (excludes halogenated alkanes) is 1. The maximum absolute atomic E-state index is 3.89.